The van der Waals surface area contributed by atoms with Crippen molar-refractivity contribution in [2.24, 2.45) is 5.10 Å². The Morgan fingerprint density at radius 2 is 1.93 bits per heavy atom. The first kappa shape index (κ1) is 19.3. The van der Waals surface area contributed by atoms with E-state index < -0.39 is 15.9 Å². The number of sulfonamides is 1. The second-order valence-corrected chi connectivity index (χ2v) is 8.69. The molecular weight excluding hydrogens is 364 g/mol. The third-order valence-corrected chi connectivity index (χ3v) is 6.66. The number of nitrogens with zero attached hydrogens (tertiary/aromatic N) is 2. The highest BCUT2D eigenvalue weighted by atomic mass is 32.2. The zero-order valence-corrected chi connectivity index (χ0v) is 16.6. The number of carbonyl (C=O) groups is 1. The number of hydrogen-bond acceptors (Lipinski definition) is 4. The molecule has 0 spiro atoms. The Balaban J connectivity index is 1.79. The maximum absolute atomic E-state index is 12.7. The average molecular weight is 388 g/mol. The number of carbonyl (C=O) groups excluding carboxylic acids is 1. The molecule has 1 aliphatic rings. The third-order valence-electron chi connectivity index (χ3n) is 4.76. The molecule has 3 rings (SSSR count). The first-order valence-electron chi connectivity index (χ1n) is 8.90. The minimum absolute atomic E-state index is 0.134. The van der Waals surface area contributed by atoms with Crippen molar-refractivity contribution in [1.29, 1.82) is 0 Å². The smallest absolute Gasteiger partial charge is 0.271 e. The SMILES string of the molecule is C/C(=N\NC(=O)c1cccc(S(=O)(=O)N2CCCC2)c1)c1c(C)c[nH]c1C. The van der Waals surface area contributed by atoms with Crippen LogP contribution in [-0.2, 0) is 10.0 Å². The average Bonchev–Trinajstić information content (AvgIpc) is 3.30. The number of aromatic nitrogens is 1. The normalized spacial score (nSPS) is 15.9. The van der Waals surface area contributed by atoms with Crippen molar-refractivity contribution in [3.8, 4) is 0 Å². The van der Waals surface area contributed by atoms with Gasteiger partial charge in [0.2, 0.25) is 10.0 Å². The molecule has 0 aliphatic carbocycles. The van der Waals surface area contributed by atoms with Gasteiger partial charge in [0.25, 0.3) is 5.91 Å². The van der Waals surface area contributed by atoms with Crippen LogP contribution in [0.1, 0.15) is 46.9 Å². The van der Waals surface area contributed by atoms with Crippen molar-refractivity contribution in [1.82, 2.24) is 14.7 Å². The highest BCUT2D eigenvalue weighted by molar-refractivity contribution is 7.89. The monoisotopic (exact) mass is 388 g/mol. The summed E-state index contributed by atoms with van der Waals surface area (Å²) in [5, 5.41) is 4.17. The van der Waals surface area contributed by atoms with Gasteiger partial charge >= 0.3 is 0 Å². The molecule has 8 heteroatoms. The molecule has 1 aromatic carbocycles. The molecular formula is C19H24N4O3S. The number of H-pyrrole nitrogens is 1. The lowest BCUT2D eigenvalue weighted by atomic mass is 10.1. The molecule has 2 heterocycles. The summed E-state index contributed by atoms with van der Waals surface area (Å²) in [5.41, 5.74) is 6.43. The molecule has 1 amide bonds. The highest BCUT2D eigenvalue weighted by Crippen LogP contribution is 2.21. The van der Waals surface area contributed by atoms with Crippen LogP contribution in [0.25, 0.3) is 0 Å². The van der Waals surface area contributed by atoms with Gasteiger partial charge in [0.05, 0.1) is 10.6 Å². The molecule has 2 N–H and O–H groups in total. The van der Waals surface area contributed by atoms with Crippen LogP contribution in [0, 0.1) is 13.8 Å². The molecule has 27 heavy (non-hydrogen) atoms. The first-order chi connectivity index (χ1) is 12.8. The molecule has 1 fully saturated rings. The van der Waals surface area contributed by atoms with E-state index in [4.69, 9.17) is 0 Å². The van der Waals surface area contributed by atoms with E-state index in [2.05, 4.69) is 15.5 Å². The van der Waals surface area contributed by atoms with Gasteiger partial charge in [0.15, 0.2) is 0 Å². The van der Waals surface area contributed by atoms with Crippen LogP contribution >= 0.6 is 0 Å². The van der Waals surface area contributed by atoms with Gasteiger partial charge in [-0.2, -0.15) is 9.41 Å². The van der Waals surface area contributed by atoms with Crippen LogP contribution in [0.4, 0.5) is 0 Å². The summed E-state index contributed by atoms with van der Waals surface area (Å²) in [5.74, 6) is -0.446. The summed E-state index contributed by atoms with van der Waals surface area (Å²) in [6.07, 6.45) is 3.62. The van der Waals surface area contributed by atoms with E-state index in [0.717, 1.165) is 29.7 Å². The molecule has 2 aromatic rings. The van der Waals surface area contributed by atoms with Crippen molar-refractivity contribution in [3.05, 3.63) is 52.8 Å². The largest absolute Gasteiger partial charge is 0.364 e. The van der Waals surface area contributed by atoms with E-state index in [-0.39, 0.29) is 10.5 Å². The second-order valence-electron chi connectivity index (χ2n) is 6.75. The molecule has 144 valence electrons. The van der Waals surface area contributed by atoms with Gasteiger partial charge in [-0.25, -0.2) is 13.8 Å². The summed E-state index contributed by atoms with van der Waals surface area (Å²) < 4.78 is 26.8. The molecule has 0 saturated carbocycles. The molecule has 0 radical (unpaired) electrons. The number of hydrazone groups is 1. The Hall–Kier alpha value is -2.45. The van der Waals surface area contributed by atoms with E-state index in [1.54, 1.807) is 12.1 Å². The first-order valence-corrected chi connectivity index (χ1v) is 10.3. The lowest BCUT2D eigenvalue weighted by molar-refractivity contribution is 0.0954. The number of nitrogens with one attached hydrogen (secondary N) is 2. The summed E-state index contributed by atoms with van der Waals surface area (Å²) >= 11 is 0. The highest BCUT2D eigenvalue weighted by Gasteiger charge is 2.27. The molecule has 0 bridgehead atoms. The quantitative estimate of drug-likeness (QED) is 0.609. The predicted octanol–water partition coefficient (Wildman–Crippen LogP) is 2.57. The molecule has 1 aliphatic heterocycles. The zero-order valence-electron chi connectivity index (χ0n) is 15.7. The maximum atomic E-state index is 12.7. The molecule has 1 aromatic heterocycles. The fourth-order valence-corrected chi connectivity index (χ4v) is 4.91. The van der Waals surface area contributed by atoms with E-state index >= 15 is 0 Å². The lowest BCUT2D eigenvalue weighted by Crippen LogP contribution is -2.28. The van der Waals surface area contributed by atoms with Crippen LogP contribution in [0.5, 0.6) is 0 Å². The van der Waals surface area contributed by atoms with Crippen LogP contribution < -0.4 is 5.43 Å². The maximum Gasteiger partial charge on any atom is 0.271 e. The Morgan fingerprint density at radius 3 is 2.56 bits per heavy atom. The Kier molecular flexibility index (Phi) is 5.48. The fraction of sp³-hybridized carbons (Fsp3) is 0.368. The summed E-state index contributed by atoms with van der Waals surface area (Å²) in [6.45, 7) is 6.77. The van der Waals surface area contributed by atoms with Crippen molar-refractivity contribution in [2.45, 2.75) is 38.5 Å². The zero-order chi connectivity index (χ0) is 19.6. The van der Waals surface area contributed by atoms with Gasteiger partial charge in [-0.1, -0.05) is 6.07 Å². The minimum atomic E-state index is -3.56. The van der Waals surface area contributed by atoms with Crippen molar-refractivity contribution in [2.75, 3.05) is 13.1 Å². The number of hydrogen-bond donors (Lipinski definition) is 2. The van der Waals surface area contributed by atoms with Crippen LogP contribution in [0.15, 0.2) is 40.5 Å². The summed E-state index contributed by atoms with van der Waals surface area (Å²) in [4.78, 5) is 15.7. The van der Waals surface area contributed by atoms with E-state index in [1.165, 1.54) is 16.4 Å². The van der Waals surface area contributed by atoms with Gasteiger partial charge in [-0.15, -0.1) is 0 Å². The van der Waals surface area contributed by atoms with Gasteiger partial charge in [-0.3, -0.25) is 4.79 Å². The number of amides is 1. The van der Waals surface area contributed by atoms with Crippen molar-refractivity contribution < 1.29 is 13.2 Å². The van der Waals surface area contributed by atoms with Gasteiger partial charge in [0.1, 0.15) is 0 Å². The summed E-state index contributed by atoms with van der Waals surface area (Å²) in [6, 6.07) is 6.08. The molecule has 1 saturated heterocycles. The second kappa shape index (κ2) is 7.66. The van der Waals surface area contributed by atoms with Gasteiger partial charge in [-0.05, 0) is 57.4 Å². The molecule has 0 atom stereocenters. The molecule has 0 unspecified atom stereocenters. The number of aromatic amines is 1. The number of aryl methyl sites for hydroxylation is 2. The van der Waals surface area contributed by atoms with Crippen LogP contribution in [0.2, 0.25) is 0 Å². The fourth-order valence-electron chi connectivity index (χ4n) is 3.34. The lowest BCUT2D eigenvalue weighted by Gasteiger charge is -2.15. The summed E-state index contributed by atoms with van der Waals surface area (Å²) in [7, 11) is -3.56. The number of benzene rings is 1. The van der Waals surface area contributed by atoms with Crippen molar-refractivity contribution >= 4 is 21.6 Å². The van der Waals surface area contributed by atoms with Crippen molar-refractivity contribution in [3.63, 3.8) is 0 Å². The predicted molar refractivity (Wildman–Crippen MR) is 104 cm³/mol. The van der Waals surface area contributed by atoms with E-state index in [1.807, 2.05) is 27.0 Å². The van der Waals surface area contributed by atoms with Crippen LogP contribution in [0.3, 0.4) is 0 Å². The minimum Gasteiger partial charge on any atom is -0.364 e. The van der Waals surface area contributed by atoms with E-state index in [0.29, 0.717) is 18.8 Å². The van der Waals surface area contributed by atoms with Crippen LogP contribution in [-0.4, -0.2) is 42.4 Å². The third kappa shape index (κ3) is 3.96. The Morgan fingerprint density at radius 1 is 1.22 bits per heavy atom. The standard InChI is InChI=1S/C19H24N4O3S/c1-13-12-20-14(2)18(13)15(3)21-22-19(24)16-7-6-8-17(11-16)27(25,26)23-9-4-5-10-23/h6-8,11-12,20H,4-5,9-10H2,1-3H3,(H,22,24)/b21-15+. The van der Waals surface area contributed by atoms with E-state index in [9.17, 15) is 13.2 Å². The topological polar surface area (TPSA) is 94.6 Å². The number of rotatable bonds is 5. The Bertz CT molecular complexity index is 967. The van der Waals surface area contributed by atoms with Gasteiger partial charge < -0.3 is 4.98 Å². The molecule has 7 nitrogen and oxygen atoms in total. The van der Waals surface area contributed by atoms with Gasteiger partial charge in [0, 0.05) is 36.1 Å². The Labute approximate surface area is 159 Å².